The molecule has 3 aromatic rings. The minimum atomic E-state index is 0.143. The van der Waals surface area contributed by atoms with Crippen molar-refractivity contribution in [2.75, 3.05) is 0 Å². The molecule has 24 heavy (non-hydrogen) atoms. The van der Waals surface area contributed by atoms with Crippen LogP contribution in [0.1, 0.15) is 38.3 Å². The summed E-state index contributed by atoms with van der Waals surface area (Å²) in [4.78, 5) is 4.79. The third-order valence-electron chi connectivity index (χ3n) is 5.01. The lowest BCUT2D eigenvalue weighted by atomic mass is 9.79. The Bertz CT molecular complexity index is 832. The summed E-state index contributed by atoms with van der Waals surface area (Å²) in [7, 11) is 0. The van der Waals surface area contributed by atoms with Gasteiger partial charge < -0.3 is 0 Å². The fourth-order valence-corrected chi connectivity index (χ4v) is 3.11. The van der Waals surface area contributed by atoms with E-state index in [1.54, 1.807) is 0 Å². The second-order valence-electron chi connectivity index (χ2n) is 7.03. The Labute approximate surface area is 145 Å². The number of hydrogen-bond donors (Lipinski definition) is 0. The molecule has 1 nitrogen and oxygen atoms in total. The summed E-state index contributed by atoms with van der Waals surface area (Å²) in [6.07, 6.45) is 3.11. The van der Waals surface area contributed by atoms with Gasteiger partial charge in [-0.1, -0.05) is 75.4 Å². The molecule has 1 aromatic heterocycles. The molecule has 0 saturated carbocycles. The molecule has 0 fully saturated rings. The molecule has 0 aliphatic carbocycles. The Kier molecular flexibility index (Phi) is 4.53. The van der Waals surface area contributed by atoms with Gasteiger partial charge in [0.25, 0.3) is 0 Å². The number of benzene rings is 2. The summed E-state index contributed by atoms with van der Waals surface area (Å²) in [6, 6.07) is 21.3. The Morgan fingerprint density at radius 3 is 2.21 bits per heavy atom. The van der Waals surface area contributed by atoms with Gasteiger partial charge in [0.2, 0.25) is 0 Å². The molecule has 0 unspecified atom stereocenters. The normalized spacial score (nSPS) is 11.5. The Morgan fingerprint density at radius 1 is 0.875 bits per heavy atom. The molecule has 0 aliphatic heterocycles. The second-order valence-corrected chi connectivity index (χ2v) is 7.03. The molecule has 122 valence electrons. The zero-order chi connectivity index (χ0) is 17.2. The van der Waals surface area contributed by atoms with E-state index in [4.69, 9.17) is 4.98 Å². The van der Waals surface area contributed by atoms with Gasteiger partial charge in [-0.05, 0) is 41.5 Å². The van der Waals surface area contributed by atoms with E-state index in [1.807, 2.05) is 12.3 Å². The van der Waals surface area contributed by atoms with E-state index in [2.05, 4.69) is 82.3 Å². The van der Waals surface area contributed by atoms with Crippen LogP contribution >= 0.6 is 0 Å². The van der Waals surface area contributed by atoms with Crippen LogP contribution in [0.4, 0.5) is 0 Å². The lowest BCUT2D eigenvalue weighted by molar-refractivity contribution is 0.507. The minimum absolute atomic E-state index is 0.143. The predicted molar refractivity (Wildman–Crippen MR) is 103 cm³/mol. The highest BCUT2D eigenvalue weighted by molar-refractivity contribution is 5.72. The van der Waals surface area contributed by atoms with Crippen molar-refractivity contribution in [3.63, 3.8) is 0 Å². The van der Waals surface area contributed by atoms with Gasteiger partial charge in [-0.25, -0.2) is 0 Å². The first-order valence-electron chi connectivity index (χ1n) is 8.65. The van der Waals surface area contributed by atoms with E-state index in [0.717, 1.165) is 12.1 Å². The molecule has 2 aromatic carbocycles. The van der Waals surface area contributed by atoms with Crippen molar-refractivity contribution >= 4 is 0 Å². The highest BCUT2D eigenvalue weighted by Gasteiger charge is 2.22. The van der Waals surface area contributed by atoms with Crippen LogP contribution in [0.15, 0.2) is 66.9 Å². The number of hydrogen-bond acceptors (Lipinski definition) is 1. The largest absolute Gasteiger partial charge is 0.256 e. The van der Waals surface area contributed by atoms with Crippen LogP contribution < -0.4 is 0 Å². The maximum Gasteiger partial charge on any atom is 0.0708 e. The van der Waals surface area contributed by atoms with Gasteiger partial charge in [0.1, 0.15) is 0 Å². The molecule has 1 heterocycles. The van der Waals surface area contributed by atoms with Gasteiger partial charge in [-0.3, -0.25) is 4.98 Å². The quantitative estimate of drug-likeness (QED) is 0.542. The van der Waals surface area contributed by atoms with Gasteiger partial charge in [-0.2, -0.15) is 0 Å². The van der Waals surface area contributed by atoms with E-state index >= 15 is 0 Å². The Hall–Kier alpha value is -2.41. The second kappa shape index (κ2) is 6.60. The molecule has 0 atom stereocenters. The zero-order valence-corrected chi connectivity index (χ0v) is 15.0. The molecule has 3 rings (SSSR count). The third kappa shape index (κ3) is 3.12. The van der Waals surface area contributed by atoms with Crippen LogP contribution in [0.2, 0.25) is 0 Å². The summed E-state index contributed by atoms with van der Waals surface area (Å²) in [6.45, 7) is 9.02. The molecule has 0 radical (unpaired) electrons. The number of aryl methyl sites for hydroxylation is 1. The van der Waals surface area contributed by atoms with Crippen molar-refractivity contribution in [1.29, 1.82) is 0 Å². The van der Waals surface area contributed by atoms with Crippen molar-refractivity contribution < 1.29 is 0 Å². The fourth-order valence-electron chi connectivity index (χ4n) is 3.11. The summed E-state index contributed by atoms with van der Waals surface area (Å²) in [5.74, 6) is 0. The first-order chi connectivity index (χ1) is 11.5. The molecule has 0 saturated heterocycles. The summed E-state index contributed by atoms with van der Waals surface area (Å²) < 4.78 is 0. The SMILES string of the molecule is CCC(C)(C)c1ccccc1-c1cc(C)c(-c2ccccc2)cn1. The standard InChI is InChI=1S/C23H25N/c1-5-23(3,4)21-14-10-9-13-19(21)22-15-17(2)20(16-24-22)18-11-7-6-8-12-18/h6-16H,5H2,1-4H3. The van der Waals surface area contributed by atoms with Gasteiger partial charge in [0, 0.05) is 17.3 Å². The fraction of sp³-hybridized carbons (Fsp3) is 0.261. The highest BCUT2D eigenvalue weighted by atomic mass is 14.7. The number of rotatable bonds is 4. The molecule has 0 spiro atoms. The Balaban J connectivity index is 2.08. The minimum Gasteiger partial charge on any atom is -0.256 e. The van der Waals surface area contributed by atoms with E-state index in [-0.39, 0.29) is 5.41 Å². The predicted octanol–water partition coefficient (Wildman–Crippen LogP) is 6.41. The van der Waals surface area contributed by atoms with Crippen LogP contribution in [0, 0.1) is 6.92 Å². The van der Waals surface area contributed by atoms with Crippen molar-refractivity contribution in [2.45, 2.75) is 39.5 Å². The first-order valence-corrected chi connectivity index (χ1v) is 8.65. The molecule has 1 heteroatoms. The van der Waals surface area contributed by atoms with E-state index in [1.165, 1.54) is 27.8 Å². The third-order valence-corrected chi connectivity index (χ3v) is 5.01. The molecule has 0 bridgehead atoms. The van der Waals surface area contributed by atoms with Crippen LogP contribution in [0.3, 0.4) is 0 Å². The lowest BCUT2D eigenvalue weighted by Gasteiger charge is -2.26. The molecular weight excluding hydrogens is 290 g/mol. The van der Waals surface area contributed by atoms with Crippen LogP contribution in [0.5, 0.6) is 0 Å². The molecule has 0 aliphatic rings. The van der Waals surface area contributed by atoms with Gasteiger partial charge in [0.05, 0.1) is 5.69 Å². The summed E-state index contributed by atoms with van der Waals surface area (Å²) in [5, 5.41) is 0. The molecule has 0 N–H and O–H groups in total. The van der Waals surface area contributed by atoms with E-state index < -0.39 is 0 Å². The summed E-state index contributed by atoms with van der Waals surface area (Å²) in [5.41, 5.74) is 7.49. The average molecular weight is 315 g/mol. The summed E-state index contributed by atoms with van der Waals surface area (Å²) >= 11 is 0. The molecule has 0 amide bonds. The topological polar surface area (TPSA) is 12.9 Å². The Morgan fingerprint density at radius 2 is 1.54 bits per heavy atom. The van der Waals surface area contributed by atoms with Crippen molar-refractivity contribution in [2.24, 2.45) is 0 Å². The number of aromatic nitrogens is 1. The van der Waals surface area contributed by atoms with Gasteiger partial charge in [-0.15, -0.1) is 0 Å². The van der Waals surface area contributed by atoms with Gasteiger partial charge >= 0.3 is 0 Å². The molecular formula is C23H25N. The highest BCUT2D eigenvalue weighted by Crippen LogP contribution is 2.35. The van der Waals surface area contributed by atoms with Crippen molar-refractivity contribution in [1.82, 2.24) is 4.98 Å². The maximum atomic E-state index is 4.79. The number of pyridine rings is 1. The average Bonchev–Trinajstić information content (AvgIpc) is 2.62. The van der Waals surface area contributed by atoms with Gasteiger partial charge in [0.15, 0.2) is 0 Å². The maximum absolute atomic E-state index is 4.79. The first kappa shape index (κ1) is 16.4. The van der Waals surface area contributed by atoms with E-state index in [0.29, 0.717) is 0 Å². The smallest absolute Gasteiger partial charge is 0.0708 e. The van der Waals surface area contributed by atoms with Crippen LogP contribution in [0.25, 0.3) is 22.4 Å². The van der Waals surface area contributed by atoms with Crippen molar-refractivity contribution in [3.05, 3.63) is 78.0 Å². The monoisotopic (exact) mass is 315 g/mol. The zero-order valence-electron chi connectivity index (χ0n) is 15.0. The van der Waals surface area contributed by atoms with Crippen LogP contribution in [-0.4, -0.2) is 4.98 Å². The van der Waals surface area contributed by atoms with Crippen molar-refractivity contribution in [3.8, 4) is 22.4 Å². The number of nitrogens with zero attached hydrogens (tertiary/aromatic N) is 1. The van der Waals surface area contributed by atoms with Crippen LogP contribution in [-0.2, 0) is 5.41 Å². The lowest BCUT2D eigenvalue weighted by Crippen LogP contribution is -2.16. The van der Waals surface area contributed by atoms with E-state index in [9.17, 15) is 0 Å².